The molecule has 1 aliphatic rings. The Hall–Kier alpha value is -3.88. The fourth-order valence-corrected chi connectivity index (χ4v) is 4.25. The van der Waals surface area contributed by atoms with Crippen LogP contribution in [0.2, 0.25) is 0 Å². The molecule has 5 N–H and O–H groups in total. The summed E-state index contributed by atoms with van der Waals surface area (Å²) < 4.78 is 10.1. The standard InChI is InChI=1S/C26H26N2O6/c1-33-25(31)15-10-11-20(22(27)12-15)24(30)23(29)13-28-26(32)34-14-21-18-8-4-2-6-16(18)17-7-3-5-9-19(17)21/h2-12,21,23-24,29-30H,13-14,27H2,1H3,(H,28,32). The number of hydrogen-bond donors (Lipinski definition) is 4. The average molecular weight is 463 g/mol. The molecule has 0 saturated carbocycles. The number of amides is 1. The maximum atomic E-state index is 12.3. The zero-order valence-electron chi connectivity index (χ0n) is 18.6. The lowest BCUT2D eigenvalue weighted by molar-refractivity contribution is 0.0189. The Morgan fingerprint density at radius 2 is 1.62 bits per heavy atom. The molecule has 0 heterocycles. The van der Waals surface area contributed by atoms with Crippen molar-refractivity contribution in [2.45, 2.75) is 18.1 Å². The van der Waals surface area contributed by atoms with Crippen molar-refractivity contribution in [2.24, 2.45) is 0 Å². The number of nitrogens with two attached hydrogens (primary N) is 1. The molecule has 0 aliphatic heterocycles. The lowest BCUT2D eigenvalue weighted by Crippen LogP contribution is -2.36. The molecule has 1 aliphatic carbocycles. The summed E-state index contributed by atoms with van der Waals surface area (Å²) in [5.41, 5.74) is 10.9. The van der Waals surface area contributed by atoms with Crippen LogP contribution >= 0.6 is 0 Å². The van der Waals surface area contributed by atoms with E-state index in [1.807, 2.05) is 36.4 Å². The molecule has 0 bridgehead atoms. The number of rotatable bonds is 7. The number of hydrogen-bond acceptors (Lipinski definition) is 7. The third-order valence-corrected chi connectivity index (χ3v) is 5.99. The fraction of sp³-hybridized carbons (Fsp3) is 0.231. The second-order valence-electron chi connectivity index (χ2n) is 8.05. The number of carbonyl (C=O) groups excluding carboxylic acids is 2. The van der Waals surface area contributed by atoms with Gasteiger partial charge in [0.05, 0.1) is 12.7 Å². The Bertz CT molecular complexity index is 1170. The van der Waals surface area contributed by atoms with Crippen molar-refractivity contribution in [1.82, 2.24) is 5.32 Å². The Morgan fingerprint density at radius 3 is 2.21 bits per heavy atom. The molecule has 2 unspecified atom stereocenters. The molecule has 4 rings (SSSR count). The highest BCUT2D eigenvalue weighted by Gasteiger charge is 2.29. The molecule has 0 saturated heterocycles. The lowest BCUT2D eigenvalue weighted by atomic mass is 9.98. The van der Waals surface area contributed by atoms with E-state index in [4.69, 9.17) is 10.5 Å². The monoisotopic (exact) mass is 462 g/mol. The highest BCUT2D eigenvalue weighted by atomic mass is 16.5. The van der Waals surface area contributed by atoms with Gasteiger partial charge in [-0.15, -0.1) is 0 Å². The van der Waals surface area contributed by atoms with Gasteiger partial charge in [-0.2, -0.15) is 0 Å². The third kappa shape index (κ3) is 4.59. The number of alkyl carbamates (subject to hydrolysis) is 1. The lowest BCUT2D eigenvalue weighted by Gasteiger charge is -2.21. The average Bonchev–Trinajstić information content (AvgIpc) is 3.18. The van der Waals surface area contributed by atoms with Crippen molar-refractivity contribution >= 4 is 17.7 Å². The summed E-state index contributed by atoms with van der Waals surface area (Å²) in [6.07, 6.45) is -3.42. The molecule has 0 aromatic heterocycles. The summed E-state index contributed by atoms with van der Waals surface area (Å²) in [5, 5.41) is 23.3. The second-order valence-corrected chi connectivity index (χ2v) is 8.05. The van der Waals surface area contributed by atoms with Gasteiger partial charge in [0.1, 0.15) is 18.8 Å². The zero-order chi connectivity index (χ0) is 24.2. The van der Waals surface area contributed by atoms with E-state index in [-0.39, 0.29) is 35.9 Å². The van der Waals surface area contributed by atoms with Crippen LogP contribution in [0.4, 0.5) is 10.5 Å². The number of nitrogens with one attached hydrogen (secondary N) is 1. The topological polar surface area (TPSA) is 131 Å². The van der Waals surface area contributed by atoms with Gasteiger partial charge in [0.15, 0.2) is 0 Å². The quantitative estimate of drug-likeness (QED) is 0.314. The number of nitrogen functional groups attached to an aromatic ring is 1. The van der Waals surface area contributed by atoms with Crippen molar-refractivity contribution in [3.05, 3.63) is 89.0 Å². The number of methoxy groups -OCH3 is 1. The van der Waals surface area contributed by atoms with Gasteiger partial charge in [0.25, 0.3) is 0 Å². The van der Waals surface area contributed by atoms with Gasteiger partial charge in [-0.25, -0.2) is 9.59 Å². The first kappa shape index (κ1) is 23.3. The number of ether oxygens (including phenoxy) is 2. The molecule has 0 radical (unpaired) electrons. The van der Waals surface area contributed by atoms with Crippen molar-refractivity contribution in [2.75, 3.05) is 26.0 Å². The van der Waals surface area contributed by atoms with Gasteiger partial charge < -0.3 is 30.7 Å². The number of aliphatic hydroxyl groups is 2. The minimum atomic E-state index is -1.37. The van der Waals surface area contributed by atoms with Crippen molar-refractivity contribution in [1.29, 1.82) is 0 Å². The molecule has 1 amide bonds. The Morgan fingerprint density at radius 1 is 1.00 bits per heavy atom. The Labute approximate surface area is 196 Å². The second kappa shape index (κ2) is 9.94. The summed E-state index contributed by atoms with van der Waals surface area (Å²) in [4.78, 5) is 23.9. The Kier molecular flexibility index (Phi) is 6.81. The van der Waals surface area contributed by atoms with Gasteiger partial charge in [-0.1, -0.05) is 54.6 Å². The first-order valence-electron chi connectivity index (χ1n) is 10.8. The first-order chi connectivity index (χ1) is 16.4. The van der Waals surface area contributed by atoms with Gasteiger partial charge in [-0.3, -0.25) is 0 Å². The van der Waals surface area contributed by atoms with Gasteiger partial charge in [-0.05, 0) is 34.4 Å². The fourth-order valence-electron chi connectivity index (χ4n) is 4.25. The SMILES string of the molecule is COC(=O)c1ccc(C(O)C(O)CNC(=O)OCC2c3ccccc3-c3ccccc32)c(N)c1. The van der Waals surface area contributed by atoms with E-state index in [9.17, 15) is 19.8 Å². The minimum Gasteiger partial charge on any atom is -0.465 e. The summed E-state index contributed by atoms with van der Waals surface area (Å²) in [7, 11) is 1.25. The smallest absolute Gasteiger partial charge is 0.407 e. The minimum absolute atomic E-state index is 0.0817. The number of anilines is 1. The predicted molar refractivity (Wildman–Crippen MR) is 126 cm³/mol. The van der Waals surface area contributed by atoms with E-state index >= 15 is 0 Å². The number of esters is 1. The maximum Gasteiger partial charge on any atom is 0.407 e. The number of carbonyl (C=O) groups is 2. The molecule has 3 aromatic carbocycles. The summed E-state index contributed by atoms with van der Waals surface area (Å²) in [6, 6.07) is 20.3. The number of benzene rings is 3. The van der Waals surface area contributed by atoms with Gasteiger partial charge in [0, 0.05) is 23.7 Å². The Balaban J connectivity index is 1.34. The molecule has 8 nitrogen and oxygen atoms in total. The van der Waals surface area contributed by atoms with E-state index in [2.05, 4.69) is 22.2 Å². The molecule has 8 heteroatoms. The van der Waals surface area contributed by atoms with E-state index in [0.717, 1.165) is 22.3 Å². The van der Waals surface area contributed by atoms with E-state index in [1.165, 1.54) is 25.3 Å². The van der Waals surface area contributed by atoms with Crippen LogP contribution in [-0.2, 0) is 9.47 Å². The highest BCUT2D eigenvalue weighted by molar-refractivity contribution is 5.90. The van der Waals surface area contributed by atoms with E-state index in [0.29, 0.717) is 0 Å². The first-order valence-corrected chi connectivity index (χ1v) is 10.8. The van der Waals surface area contributed by atoms with Gasteiger partial charge in [0.2, 0.25) is 0 Å². The zero-order valence-corrected chi connectivity index (χ0v) is 18.6. The molecular formula is C26H26N2O6. The van der Waals surface area contributed by atoms with E-state index < -0.39 is 24.3 Å². The maximum absolute atomic E-state index is 12.3. The summed E-state index contributed by atoms with van der Waals surface area (Å²) in [5.74, 6) is -0.646. The molecule has 3 aromatic rings. The van der Waals surface area contributed by atoms with Crippen LogP contribution in [-0.4, -0.2) is 48.6 Å². The molecule has 34 heavy (non-hydrogen) atoms. The van der Waals surface area contributed by atoms with Crippen LogP contribution in [0.25, 0.3) is 11.1 Å². The van der Waals surface area contributed by atoms with E-state index in [1.54, 1.807) is 0 Å². The van der Waals surface area contributed by atoms with Crippen LogP contribution in [0.15, 0.2) is 66.7 Å². The normalized spacial score (nSPS) is 14.0. The van der Waals surface area contributed by atoms with Crippen molar-refractivity contribution in [3.8, 4) is 11.1 Å². The van der Waals surface area contributed by atoms with Crippen LogP contribution in [0.1, 0.15) is 39.1 Å². The molecular weight excluding hydrogens is 436 g/mol. The van der Waals surface area contributed by atoms with Crippen LogP contribution in [0, 0.1) is 0 Å². The third-order valence-electron chi connectivity index (χ3n) is 5.99. The summed E-state index contributed by atoms with van der Waals surface area (Å²) in [6.45, 7) is -0.115. The van der Waals surface area contributed by atoms with Crippen molar-refractivity contribution in [3.63, 3.8) is 0 Å². The largest absolute Gasteiger partial charge is 0.465 e. The van der Waals surface area contributed by atoms with Gasteiger partial charge >= 0.3 is 12.1 Å². The van der Waals surface area contributed by atoms with Crippen LogP contribution in [0.5, 0.6) is 0 Å². The molecule has 176 valence electrons. The number of fused-ring (bicyclic) bond motifs is 3. The summed E-state index contributed by atoms with van der Waals surface area (Å²) >= 11 is 0. The molecule has 2 atom stereocenters. The van der Waals surface area contributed by atoms with Crippen LogP contribution in [0.3, 0.4) is 0 Å². The number of aliphatic hydroxyl groups excluding tert-OH is 2. The molecule has 0 fully saturated rings. The predicted octanol–water partition coefficient (Wildman–Crippen LogP) is 2.99. The highest BCUT2D eigenvalue weighted by Crippen LogP contribution is 2.44. The van der Waals surface area contributed by atoms with Crippen molar-refractivity contribution < 1.29 is 29.3 Å². The molecule has 0 spiro atoms. The van der Waals surface area contributed by atoms with Crippen LogP contribution < -0.4 is 11.1 Å².